The number of carbonyl (C=O) groups excluding carboxylic acids is 2. The highest BCUT2D eigenvalue weighted by molar-refractivity contribution is 6.36. The second kappa shape index (κ2) is 11.2. The summed E-state index contributed by atoms with van der Waals surface area (Å²) in [6.45, 7) is 6.61. The van der Waals surface area contributed by atoms with Gasteiger partial charge in [-0.3, -0.25) is 4.79 Å². The number of benzene rings is 2. The smallest absolute Gasteiger partial charge is 0.435 e. The summed E-state index contributed by atoms with van der Waals surface area (Å²) in [5.74, 6) is 0.545. The quantitative estimate of drug-likeness (QED) is 0.338. The molecular formula is C30H33Cl2N3O4. The van der Waals surface area contributed by atoms with Gasteiger partial charge in [0.15, 0.2) is 0 Å². The van der Waals surface area contributed by atoms with E-state index in [0.29, 0.717) is 48.2 Å². The van der Waals surface area contributed by atoms with Gasteiger partial charge < -0.3 is 14.4 Å². The molecule has 0 radical (unpaired) electrons. The van der Waals surface area contributed by atoms with E-state index >= 15 is 0 Å². The maximum atomic E-state index is 13.5. The zero-order valence-electron chi connectivity index (χ0n) is 22.5. The van der Waals surface area contributed by atoms with Gasteiger partial charge in [-0.25, -0.2) is 4.79 Å². The number of halogens is 2. The lowest BCUT2D eigenvalue weighted by Gasteiger charge is -2.31. The molecule has 0 bridgehead atoms. The van der Waals surface area contributed by atoms with Crippen LogP contribution in [0.15, 0.2) is 48.7 Å². The SMILES string of the molecule is CC(C)(C)OC(=O)n1ncc2c1CC[C@H](N1CCC(Cc3c(Cl)cc(OCc4ccccc4)cc3Cl)C1=O)C2. The number of fused-ring (bicyclic) bond motifs is 1. The number of hydrogen-bond acceptors (Lipinski definition) is 5. The Balaban J connectivity index is 1.21. The molecule has 1 fully saturated rings. The van der Waals surface area contributed by atoms with Gasteiger partial charge in [-0.05, 0) is 81.7 Å². The van der Waals surface area contributed by atoms with Crippen molar-refractivity contribution in [1.29, 1.82) is 0 Å². The molecule has 5 rings (SSSR count). The third-order valence-corrected chi connectivity index (χ3v) is 7.97. The average molecular weight is 571 g/mol. The topological polar surface area (TPSA) is 73.7 Å². The average Bonchev–Trinajstić information content (AvgIpc) is 3.47. The molecule has 2 aliphatic rings. The van der Waals surface area contributed by atoms with Crippen molar-refractivity contribution in [3.05, 3.63) is 81.1 Å². The Kier molecular flexibility index (Phi) is 7.92. The predicted octanol–water partition coefficient (Wildman–Crippen LogP) is 6.50. The van der Waals surface area contributed by atoms with Crippen molar-refractivity contribution in [2.24, 2.45) is 5.92 Å². The Morgan fingerprint density at radius 3 is 2.51 bits per heavy atom. The molecule has 1 aromatic heterocycles. The van der Waals surface area contributed by atoms with E-state index in [0.717, 1.165) is 35.2 Å². The van der Waals surface area contributed by atoms with Crippen LogP contribution in [0.2, 0.25) is 10.0 Å². The third kappa shape index (κ3) is 6.25. The molecule has 39 heavy (non-hydrogen) atoms. The molecule has 9 heteroatoms. The number of carbonyl (C=O) groups is 2. The van der Waals surface area contributed by atoms with Crippen LogP contribution < -0.4 is 4.74 Å². The van der Waals surface area contributed by atoms with Gasteiger partial charge in [0.1, 0.15) is 18.0 Å². The van der Waals surface area contributed by atoms with E-state index in [2.05, 4.69) is 5.10 Å². The van der Waals surface area contributed by atoms with Crippen molar-refractivity contribution in [1.82, 2.24) is 14.7 Å². The van der Waals surface area contributed by atoms with Crippen LogP contribution in [0, 0.1) is 5.92 Å². The summed E-state index contributed by atoms with van der Waals surface area (Å²) in [4.78, 5) is 28.0. The van der Waals surface area contributed by atoms with Gasteiger partial charge in [0.05, 0.1) is 11.9 Å². The van der Waals surface area contributed by atoms with Gasteiger partial charge in [0.2, 0.25) is 5.91 Å². The van der Waals surface area contributed by atoms with Gasteiger partial charge in [-0.1, -0.05) is 53.5 Å². The molecule has 2 aromatic carbocycles. The van der Waals surface area contributed by atoms with Gasteiger partial charge in [-0.2, -0.15) is 9.78 Å². The van der Waals surface area contributed by atoms with Gasteiger partial charge in [0.25, 0.3) is 0 Å². The Bertz CT molecular complexity index is 1340. The Morgan fingerprint density at radius 1 is 1.10 bits per heavy atom. The summed E-state index contributed by atoms with van der Waals surface area (Å²) < 4.78 is 12.7. The van der Waals surface area contributed by atoms with E-state index in [-0.39, 0.29) is 17.9 Å². The third-order valence-electron chi connectivity index (χ3n) is 7.30. The highest BCUT2D eigenvalue weighted by Gasteiger charge is 2.38. The molecule has 2 heterocycles. The first-order valence-electron chi connectivity index (χ1n) is 13.3. The van der Waals surface area contributed by atoms with Crippen LogP contribution in [0.5, 0.6) is 5.75 Å². The Hall–Kier alpha value is -3.03. The molecule has 1 unspecified atom stereocenters. The summed E-state index contributed by atoms with van der Waals surface area (Å²) in [5, 5.41) is 5.30. The molecule has 0 spiro atoms. The monoisotopic (exact) mass is 569 g/mol. The summed E-state index contributed by atoms with van der Waals surface area (Å²) in [5.41, 5.74) is 3.10. The fourth-order valence-electron chi connectivity index (χ4n) is 5.39. The van der Waals surface area contributed by atoms with Crippen LogP contribution in [0.1, 0.15) is 56.0 Å². The lowest BCUT2D eigenvalue weighted by Crippen LogP contribution is -2.41. The molecule has 1 saturated heterocycles. The predicted molar refractivity (Wildman–Crippen MR) is 150 cm³/mol. The lowest BCUT2D eigenvalue weighted by atomic mass is 9.92. The number of ether oxygens (including phenoxy) is 2. The molecule has 3 aromatic rings. The van der Waals surface area contributed by atoms with Crippen LogP contribution in [0.4, 0.5) is 4.79 Å². The van der Waals surface area contributed by atoms with Crippen molar-refractivity contribution in [3.63, 3.8) is 0 Å². The largest absolute Gasteiger partial charge is 0.489 e. The highest BCUT2D eigenvalue weighted by Crippen LogP contribution is 2.36. The van der Waals surface area contributed by atoms with Crippen LogP contribution in [0.3, 0.4) is 0 Å². The highest BCUT2D eigenvalue weighted by atomic mass is 35.5. The zero-order chi connectivity index (χ0) is 27.7. The molecule has 2 atom stereocenters. The maximum Gasteiger partial charge on any atom is 0.435 e. The normalized spacial score (nSPS) is 19.2. The standard InChI is InChI=1S/C30H33Cl2N3O4/c1-30(2,3)39-29(37)35-27-10-9-22(13-21(27)17-33-35)34-12-11-20(28(34)36)14-24-25(31)15-23(16-26(24)32)38-18-19-7-5-4-6-8-19/h4-8,15-17,20,22H,9-14,18H2,1-3H3/t20?,22-/m0/s1. The first-order chi connectivity index (χ1) is 18.6. The number of likely N-dealkylation sites (tertiary alicyclic amines) is 1. The van der Waals surface area contributed by atoms with Gasteiger partial charge >= 0.3 is 6.09 Å². The minimum atomic E-state index is -0.592. The van der Waals surface area contributed by atoms with Crippen LogP contribution in [-0.4, -0.2) is 44.9 Å². The van der Waals surface area contributed by atoms with Crippen molar-refractivity contribution < 1.29 is 19.1 Å². The molecule has 7 nitrogen and oxygen atoms in total. The molecule has 1 aliphatic heterocycles. The maximum absolute atomic E-state index is 13.5. The fourth-order valence-corrected chi connectivity index (χ4v) is 6.01. The van der Waals surface area contributed by atoms with Crippen molar-refractivity contribution in [2.75, 3.05) is 6.54 Å². The summed E-state index contributed by atoms with van der Waals surface area (Å²) >= 11 is 13.2. The number of aromatic nitrogens is 2. The summed E-state index contributed by atoms with van der Waals surface area (Å²) in [6, 6.07) is 13.5. The van der Waals surface area contributed by atoms with E-state index in [4.69, 9.17) is 32.7 Å². The fraction of sp³-hybridized carbons (Fsp3) is 0.433. The van der Waals surface area contributed by atoms with Crippen molar-refractivity contribution in [2.45, 2.75) is 71.1 Å². The molecule has 1 aliphatic carbocycles. The zero-order valence-corrected chi connectivity index (χ0v) is 24.0. The van der Waals surface area contributed by atoms with E-state index in [1.54, 1.807) is 18.3 Å². The molecule has 0 saturated carbocycles. The van der Waals surface area contributed by atoms with Crippen molar-refractivity contribution in [3.8, 4) is 5.75 Å². The van der Waals surface area contributed by atoms with Gasteiger partial charge in [0, 0.05) is 28.5 Å². The number of hydrogen-bond donors (Lipinski definition) is 0. The molecule has 206 valence electrons. The van der Waals surface area contributed by atoms with Crippen LogP contribution in [0.25, 0.3) is 0 Å². The molecular weight excluding hydrogens is 537 g/mol. The lowest BCUT2D eigenvalue weighted by molar-refractivity contribution is -0.133. The second-order valence-electron chi connectivity index (χ2n) is 11.3. The second-order valence-corrected chi connectivity index (χ2v) is 12.1. The summed E-state index contributed by atoms with van der Waals surface area (Å²) in [6.07, 6.45) is 4.60. The van der Waals surface area contributed by atoms with Crippen molar-refractivity contribution >= 4 is 35.2 Å². The first kappa shape index (κ1) is 27.5. The van der Waals surface area contributed by atoms with E-state index < -0.39 is 11.7 Å². The van der Waals surface area contributed by atoms with Gasteiger partial charge in [-0.15, -0.1) is 0 Å². The van der Waals surface area contributed by atoms with Crippen LogP contribution in [-0.2, 0) is 35.4 Å². The minimum absolute atomic E-state index is 0.0750. The Morgan fingerprint density at radius 2 is 1.82 bits per heavy atom. The molecule has 1 amide bonds. The minimum Gasteiger partial charge on any atom is -0.489 e. The number of nitrogens with zero attached hydrogens (tertiary/aromatic N) is 3. The van der Waals surface area contributed by atoms with E-state index in [1.165, 1.54) is 4.68 Å². The first-order valence-corrected chi connectivity index (χ1v) is 14.1. The number of amides is 1. The molecule has 0 N–H and O–H groups in total. The summed E-state index contributed by atoms with van der Waals surface area (Å²) in [7, 11) is 0. The van der Waals surface area contributed by atoms with E-state index in [1.807, 2.05) is 56.0 Å². The van der Waals surface area contributed by atoms with Crippen LogP contribution >= 0.6 is 23.2 Å². The Labute approximate surface area is 239 Å². The van der Waals surface area contributed by atoms with E-state index in [9.17, 15) is 9.59 Å². The number of rotatable bonds is 6.